The zero-order valence-electron chi connectivity index (χ0n) is 15.0. The van der Waals surface area contributed by atoms with Gasteiger partial charge in [-0.15, -0.1) is 5.11 Å². The zero-order valence-corrected chi connectivity index (χ0v) is 15.0. The van der Waals surface area contributed by atoms with Crippen LogP contribution in [0.25, 0.3) is 0 Å². The maximum atomic E-state index is 12.9. The number of anilines is 1. The van der Waals surface area contributed by atoms with Crippen LogP contribution in [0.5, 0.6) is 5.75 Å². The van der Waals surface area contributed by atoms with Gasteiger partial charge in [0, 0.05) is 5.69 Å². The van der Waals surface area contributed by atoms with Gasteiger partial charge in [0.25, 0.3) is 5.91 Å². The summed E-state index contributed by atoms with van der Waals surface area (Å²) in [5.41, 5.74) is -3.08. The van der Waals surface area contributed by atoms with Crippen LogP contribution in [-0.4, -0.2) is 24.3 Å². The molecule has 2 rings (SSSR count). The molecule has 0 aliphatic heterocycles. The van der Waals surface area contributed by atoms with Crippen molar-refractivity contribution in [3.8, 4) is 5.75 Å². The highest BCUT2D eigenvalue weighted by Gasteiger charge is 2.39. The number of amides is 1. The summed E-state index contributed by atoms with van der Waals surface area (Å²) in [6.45, 7) is 0. The highest BCUT2D eigenvalue weighted by Crippen LogP contribution is 2.32. The van der Waals surface area contributed by atoms with Crippen LogP contribution in [-0.2, 0) is 11.0 Å². The van der Waals surface area contributed by atoms with Crippen LogP contribution >= 0.6 is 0 Å². The number of nitrogens with one attached hydrogen (secondary N) is 1. The van der Waals surface area contributed by atoms with Crippen molar-refractivity contribution in [2.45, 2.75) is 12.4 Å². The second-order valence-electron chi connectivity index (χ2n) is 5.63. The molecule has 30 heavy (non-hydrogen) atoms. The number of rotatable bonds is 5. The molecular weight excluding hydrogens is 420 g/mol. The molecule has 1 amide bonds. The van der Waals surface area contributed by atoms with E-state index in [1.54, 1.807) is 0 Å². The maximum absolute atomic E-state index is 12.9. The molecule has 0 aliphatic rings. The topological polar surface area (TPSA) is 83.3 Å². The van der Waals surface area contributed by atoms with Crippen LogP contribution in [0.2, 0.25) is 0 Å². The summed E-state index contributed by atoms with van der Waals surface area (Å²) in [5, 5.41) is 17.7. The number of alkyl halides is 6. The molecule has 0 bridgehead atoms. The molecular formula is C18H13F6N3O3. The van der Waals surface area contributed by atoms with Crippen molar-refractivity contribution in [2.24, 2.45) is 10.2 Å². The second-order valence-corrected chi connectivity index (χ2v) is 5.63. The molecule has 0 aromatic heterocycles. The standard InChI is InChI=1S/C18H13F6N3O3/c1-30-13-7-5-11(6-8-13)25-16(29)14(15(28)18(22,23)24)27-26-12-4-2-3-10(9-12)17(19,20)21/h2-9,28H,1H3,(H,25,29)/b15-14-,27-26?. The number of benzene rings is 2. The SMILES string of the molecule is COc1ccc(NC(=O)/C(N=Nc2cccc(C(F)(F)F)c2)=C(/O)C(F)(F)F)cc1. The first-order chi connectivity index (χ1) is 13.9. The molecule has 2 N–H and O–H groups in total. The number of aliphatic hydroxyl groups is 1. The van der Waals surface area contributed by atoms with E-state index in [4.69, 9.17) is 4.74 Å². The van der Waals surface area contributed by atoms with E-state index in [9.17, 15) is 36.2 Å². The van der Waals surface area contributed by atoms with Crippen molar-refractivity contribution >= 4 is 17.3 Å². The van der Waals surface area contributed by atoms with E-state index >= 15 is 0 Å². The molecule has 2 aromatic rings. The van der Waals surface area contributed by atoms with E-state index in [2.05, 4.69) is 15.5 Å². The van der Waals surface area contributed by atoms with E-state index in [0.29, 0.717) is 11.8 Å². The van der Waals surface area contributed by atoms with Crippen molar-refractivity contribution in [1.82, 2.24) is 0 Å². The van der Waals surface area contributed by atoms with E-state index in [-0.39, 0.29) is 5.69 Å². The van der Waals surface area contributed by atoms with Gasteiger partial charge in [-0.2, -0.15) is 31.5 Å². The summed E-state index contributed by atoms with van der Waals surface area (Å²) in [4.78, 5) is 12.2. The van der Waals surface area contributed by atoms with Gasteiger partial charge in [0.05, 0.1) is 18.4 Å². The summed E-state index contributed by atoms with van der Waals surface area (Å²) >= 11 is 0. The van der Waals surface area contributed by atoms with Crippen molar-refractivity contribution in [3.05, 3.63) is 65.6 Å². The molecule has 0 atom stereocenters. The molecule has 6 nitrogen and oxygen atoms in total. The lowest BCUT2D eigenvalue weighted by Crippen LogP contribution is -2.21. The number of hydrogen-bond acceptors (Lipinski definition) is 5. The minimum atomic E-state index is -5.35. The Bertz CT molecular complexity index is 966. The Morgan fingerprint density at radius 1 is 1.03 bits per heavy atom. The second kappa shape index (κ2) is 8.84. The van der Waals surface area contributed by atoms with Gasteiger partial charge in [0.15, 0.2) is 5.70 Å². The molecule has 0 aliphatic carbocycles. The summed E-state index contributed by atoms with van der Waals surface area (Å²) in [5.74, 6) is -3.43. The number of azo groups is 1. The average molecular weight is 433 g/mol. The summed E-state index contributed by atoms with van der Waals surface area (Å²) in [6, 6.07) is 8.67. The molecule has 0 fully saturated rings. The van der Waals surface area contributed by atoms with Crippen molar-refractivity contribution in [3.63, 3.8) is 0 Å². The van der Waals surface area contributed by atoms with Gasteiger partial charge in [-0.3, -0.25) is 4.79 Å². The minimum absolute atomic E-state index is 0.0440. The third-order valence-corrected chi connectivity index (χ3v) is 3.49. The number of halogens is 6. The Hall–Kier alpha value is -3.57. The predicted octanol–water partition coefficient (Wildman–Crippen LogP) is 5.77. The smallest absolute Gasteiger partial charge is 0.451 e. The lowest BCUT2D eigenvalue weighted by Gasteiger charge is -2.10. The van der Waals surface area contributed by atoms with Crippen molar-refractivity contribution in [2.75, 3.05) is 12.4 Å². The molecule has 0 unspecified atom stereocenters. The number of nitrogens with zero attached hydrogens (tertiary/aromatic N) is 2. The van der Waals surface area contributed by atoms with E-state index in [1.165, 1.54) is 31.4 Å². The summed E-state index contributed by atoms with van der Waals surface area (Å²) < 4.78 is 81.8. The molecule has 2 aromatic carbocycles. The third-order valence-electron chi connectivity index (χ3n) is 3.49. The van der Waals surface area contributed by atoms with E-state index in [0.717, 1.165) is 18.2 Å². The number of carbonyl (C=O) groups is 1. The Morgan fingerprint density at radius 3 is 2.20 bits per heavy atom. The first kappa shape index (κ1) is 22.7. The van der Waals surface area contributed by atoms with Crippen LogP contribution in [0.1, 0.15) is 5.56 Å². The minimum Gasteiger partial charge on any atom is -0.503 e. The van der Waals surface area contributed by atoms with Crippen LogP contribution in [0.4, 0.5) is 37.7 Å². The normalized spacial score (nSPS) is 13.2. The van der Waals surface area contributed by atoms with Crippen molar-refractivity contribution < 1.29 is 41.0 Å². The highest BCUT2D eigenvalue weighted by molar-refractivity contribution is 6.03. The van der Waals surface area contributed by atoms with Gasteiger partial charge in [-0.1, -0.05) is 6.07 Å². The molecule has 0 radical (unpaired) electrons. The molecule has 12 heteroatoms. The lowest BCUT2D eigenvalue weighted by atomic mass is 10.2. The zero-order chi connectivity index (χ0) is 22.5. The number of aliphatic hydroxyl groups excluding tert-OH is 1. The van der Waals surface area contributed by atoms with Gasteiger partial charge in [-0.05, 0) is 42.5 Å². The number of hydrogen-bond donors (Lipinski definition) is 2. The van der Waals surface area contributed by atoms with Gasteiger partial charge >= 0.3 is 12.4 Å². The average Bonchev–Trinajstić information content (AvgIpc) is 2.67. The van der Waals surface area contributed by atoms with Crippen LogP contribution < -0.4 is 10.1 Å². The fraction of sp³-hybridized carbons (Fsp3) is 0.167. The number of allylic oxidation sites excluding steroid dienone is 1. The number of methoxy groups -OCH3 is 1. The van der Waals surface area contributed by atoms with Gasteiger partial charge < -0.3 is 15.2 Å². The van der Waals surface area contributed by atoms with Gasteiger partial charge in [0.2, 0.25) is 5.76 Å². The van der Waals surface area contributed by atoms with Crippen LogP contribution in [0, 0.1) is 0 Å². The number of ether oxygens (including phenoxy) is 1. The summed E-state index contributed by atoms with van der Waals surface area (Å²) in [6.07, 6.45) is -10.1. The van der Waals surface area contributed by atoms with Crippen LogP contribution in [0.15, 0.2) is 70.2 Å². The first-order valence-electron chi connectivity index (χ1n) is 7.96. The van der Waals surface area contributed by atoms with Gasteiger partial charge in [-0.25, -0.2) is 0 Å². The Morgan fingerprint density at radius 2 is 1.67 bits per heavy atom. The largest absolute Gasteiger partial charge is 0.503 e. The molecule has 0 saturated heterocycles. The fourth-order valence-electron chi connectivity index (χ4n) is 2.05. The Labute approximate surface area is 165 Å². The Balaban J connectivity index is 2.36. The summed E-state index contributed by atoms with van der Waals surface area (Å²) in [7, 11) is 1.38. The lowest BCUT2D eigenvalue weighted by molar-refractivity contribution is -0.137. The number of carbonyl (C=O) groups excluding carboxylic acids is 1. The van der Waals surface area contributed by atoms with E-state index < -0.39 is 41.0 Å². The van der Waals surface area contributed by atoms with Crippen LogP contribution in [0.3, 0.4) is 0 Å². The monoisotopic (exact) mass is 433 g/mol. The molecule has 0 spiro atoms. The highest BCUT2D eigenvalue weighted by atomic mass is 19.4. The predicted molar refractivity (Wildman–Crippen MR) is 93.3 cm³/mol. The molecule has 0 saturated carbocycles. The third kappa shape index (κ3) is 5.96. The Kier molecular flexibility index (Phi) is 6.70. The quantitative estimate of drug-likeness (QED) is 0.272. The first-order valence-corrected chi connectivity index (χ1v) is 7.96. The van der Waals surface area contributed by atoms with E-state index in [1.807, 2.05) is 0 Å². The fourth-order valence-corrected chi connectivity index (χ4v) is 2.05. The van der Waals surface area contributed by atoms with Gasteiger partial charge in [0.1, 0.15) is 5.75 Å². The maximum Gasteiger partial charge on any atom is 0.451 e. The van der Waals surface area contributed by atoms with Crippen molar-refractivity contribution in [1.29, 1.82) is 0 Å². The molecule has 0 heterocycles. The molecule has 160 valence electrons.